The molecule has 0 aliphatic carbocycles. The molecular formula is C6H16N2Si. The van der Waals surface area contributed by atoms with E-state index in [4.69, 9.17) is 5.84 Å². The fraction of sp³-hybridized carbons (Fsp3) is 1.00. The SMILES string of the molecule is C[Si]1(C)CCCN(N)C1. The Balaban J connectivity index is 2.41. The van der Waals surface area contributed by atoms with Gasteiger partial charge in [-0.25, -0.2) is 5.01 Å². The number of nitrogens with zero attached hydrogens (tertiary/aromatic N) is 1. The number of hydrazine groups is 1. The lowest BCUT2D eigenvalue weighted by Gasteiger charge is -2.33. The van der Waals surface area contributed by atoms with Crippen LogP contribution in [0.1, 0.15) is 6.42 Å². The molecule has 0 aromatic rings. The Morgan fingerprint density at radius 2 is 2.11 bits per heavy atom. The lowest BCUT2D eigenvalue weighted by Crippen LogP contribution is -2.50. The maximum Gasteiger partial charge on any atom is 0.0648 e. The van der Waals surface area contributed by atoms with Gasteiger partial charge in [-0.1, -0.05) is 19.1 Å². The first-order valence-corrected chi connectivity index (χ1v) is 7.01. The van der Waals surface area contributed by atoms with Crippen LogP contribution in [0.4, 0.5) is 0 Å². The van der Waals surface area contributed by atoms with Crippen LogP contribution in [0, 0.1) is 0 Å². The number of hydrogen-bond donors (Lipinski definition) is 1. The molecule has 2 N–H and O–H groups in total. The molecule has 1 aliphatic rings. The predicted octanol–water partition coefficient (Wildman–Crippen LogP) is 0.813. The highest BCUT2D eigenvalue weighted by molar-refractivity contribution is 6.77. The lowest BCUT2D eigenvalue weighted by molar-refractivity contribution is 0.309. The van der Waals surface area contributed by atoms with Crippen LogP contribution in [0.2, 0.25) is 19.1 Å². The first kappa shape index (κ1) is 7.25. The molecular weight excluding hydrogens is 128 g/mol. The summed E-state index contributed by atoms with van der Waals surface area (Å²) in [4.78, 5) is 0. The van der Waals surface area contributed by atoms with Crippen LogP contribution >= 0.6 is 0 Å². The zero-order valence-corrected chi connectivity index (χ0v) is 7.35. The highest BCUT2D eigenvalue weighted by Crippen LogP contribution is 2.17. The molecule has 0 bridgehead atoms. The van der Waals surface area contributed by atoms with Gasteiger partial charge in [-0.3, -0.25) is 5.84 Å². The van der Waals surface area contributed by atoms with E-state index in [1.165, 1.54) is 18.6 Å². The molecule has 3 heteroatoms. The standard InChI is InChI=1S/C6H16N2Si/c1-9(2)5-3-4-8(7)6-9/h3-7H2,1-2H3. The van der Waals surface area contributed by atoms with Crippen LogP contribution in [0.25, 0.3) is 0 Å². The lowest BCUT2D eigenvalue weighted by atomic mass is 10.5. The smallest absolute Gasteiger partial charge is 0.0648 e. The molecule has 1 saturated heterocycles. The van der Waals surface area contributed by atoms with E-state index >= 15 is 0 Å². The summed E-state index contributed by atoms with van der Waals surface area (Å²) in [5, 5.41) is 1.98. The van der Waals surface area contributed by atoms with Crippen molar-refractivity contribution >= 4 is 8.07 Å². The summed E-state index contributed by atoms with van der Waals surface area (Å²) < 4.78 is 0. The van der Waals surface area contributed by atoms with Gasteiger partial charge in [0.15, 0.2) is 0 Å². The molecule has 0 aromatic heterocycles. The van der Waals surface area contributed by atoms with Crippen molar-refractivity contribution in [2.75, 3.05) is 12.7 Å². The minimum atomic E-state index is -0.853. The topological polar surface area (TPSA) is 29.3 Å². The molecule has 0 aromatic carbocycles. The van der Waals surface area contributed by atoms with E-state index in [0.29, 0.717) is 0 Å². The van der Waals surface area contributed by atoms with E-state index in [-0.39, 0.29) is 0 Å². The van der Waals surface area contributed by atoms with Crippen molar-refractivity contribution in [3.8, 4) is 0 Å². The second-order valence-electron chi connectivity index (χ2n) is 3.74. The molecule has 1 fully saturated rings. The fourth-order valence-corrected chi connectivity index (χ4v) is 4.00. The second-order valence-corrected chi connectivity index (χ2v) is 8.88. The second kappa shape index (κ2) is 2.40. The third-order valence-electron chi connectivity index (χ3n) is 1.93. The van der Waals surface area contributed by atoms with Gasteiger partial charge in [-0.2, -0.15) is 0 Å². The Bertz CT molecular complexity index is 103. The fourth-order valence-electron chi connectivity index (χ4n) is 1.47. The molecule has 0 spiro atoms. The van der Waals surface area contributed by atoms with Crippen LogP contribution < -0.4 is 5.84 Å². The summed E-state index contributed by atoms with van der Waals surface area (Å²) >= 11 is 0. The van der Waals surface area contributed by atoms with Crippen molar-refractivity contribution in [1.29, 1.82) is 0 Å². The third kappa shape index (κ3) is 2.08. The summed E-state index contributed by atoms with van der Waals surface area (Å²) in [5.74, 6) is 5.68. The van der Waals surface area contributed by atoms with Gasteiger partial charge in [0.25, 0.3) is 0 Å². The van der Waals surface area contributed by atoms with Crippen molar-refractivity contribution in [3.63, 3.8) is 0 Å². The largest absolute Gasteiger partial charge is 0.269 e. The van der Waals surface area contributed by atoms with Gasteiger partial charge in [0.1, 0.15) is 0 Å². The predicted molar refractivity (Wildman–Crippen MR) is 42.7 cm³/mol. The van der Waals surface area contributed by atoms with Crippen molar-refractivity contribution < 1.29 is 0 Å². The van der Waals surface area contributed by atoms with Crippen molar-refractivity contribution in [2.24, 2.45) is 5.84 Å². The highest BCUT2D eigenvalue weighted by Gasteiger charge is 2.26. The molecule has 0 saturated carbocycles. The number of nitrogens with two attached hydrogens (primary N) is 1. The van der Waals surface area contributed by atoms with Gasteiger partial charge in [-0.05, 0) is 6.42 Å². The van der Waals surface area contributed by atoms with E-state index in [9.17, 15) is 0 Å². The zero-order chi connectivity index (χ0) is 6.91. The Hall–Kier alpha value is 0.137. The molecule has 1 rings (SSSR count). The molecule has 0 amide bonds. The summed E-state index contributed by atoms with van der Waals surface area (Å²) in [6.07, 6.45) is 2.50. The Morgan fingerprint density at radius 3 is 2.44 bits per heavy atom. The van der Waals surface area contributed by atoms with Gasteiger partial charge in [-0.15, -0.1) is 0 Å². The average molecular weight is 144 g/mol. The van der Waals surface area contributed by atoms with E-state index in [0.717, 1.165) is 6.54 Å². The van der Waals surface area contributed by atoms with E-state index in [2.05, 4.69) is 13.1 Å². The summed E-state index contributed by atoms with van der Waals surface area (Å²) in [7, 11) is -0.853. The van der Waals surface area contributed by atoms with Crippen LogP contribution in [0.15, 0.2) is 0 Å². The summed E-state index contributed by atoms with van der Waals surface area (Å²) in [6, 6.07) is 1.46. The summed E-state index contributed by atoms with van der Waals surface area (Å²) in [5.41, 5.74) is 0. The van der Waals surface area contributed by atoms with Gasteiger partial charge in [0.2, 0.25) is 0 Å². The Morgan fingerprint density at radius 1 is 1.44 bits per heavy atom. The zero-order valence-electron chi connectivity index (χ0n) is 6.35. The Kier molecular flexibility index (Phi) is 1.93. The number of hydrogen-bond acceptors (Lipinski definition) is 2. The van der Waals surface area contributed by atoms with Crippen LogP contribution in [-0.2, 0) is 0 Å². The Labute approximate surface area is 58.0 Å². The van der Waals surface area contributed by atoms with Crippen molar-refractivity contribution in [2.45, 2.75) is 25.6 Å². The van der Waals surface area contributed by atoms with Crippen molar-refractivity contribution in [3.05, 3.63) is 0 Å². The van der Waals surface area contributed by atoms with Crippen LogP contribution in [0.5, 0.6) is 0 Å². The monoisotopic (exact) mass is 144 g/mol. The first-order valence-electron chi connectivity index (χ1n) is 3.60. The van der Waals surface area contributed by atoms with Gasteiger partial charge in [0.05, 0.1) is 8.07 Å². The minimum absolute atomic E-state index is 0.853. The molecule has 0 radical (unpaired) electrons. The van der Waals surface area contributed by atoms with Gasteiger partial charge in [0, 0.05) is 12.7 Å². The maximum atomic E-state index is 5.68. The van der Waals surface area contributed by atoms with E-state index in [1.807, 2.05) is 5.01 Å². The average Bonchev–Trinajstić information content (AvgIpc) is 1.60. The van der Waals surface area contributed by atoms with Crippen LogP contribution in [-0.4, -0.2) is 25.8 Å². The van der Waals surface area contributed by atoms with Gasteiger partial charge >= 0.3 is 0 Å². The number of rotatable bonds is 0. The molecule has 0 atom stereocenters. The van der Waals surface area contributed by atoms with Gasteiger partial charge < -0.3 is 0 Å². The van der Waals surface area contributed by atoms with E-state index in [1.54, 1.807) is 0 Å². The molecule has 2 nitrogen and oxygen atoms in total. The van der Waals surface area contributed by atoms with Crippen molar-refractivity contribution in [1.82, 2.24) is 5.01 Å². The molecule has 9 heavy (non-hydrogen) atoms. The molecule has 0 unspecified atom stereocenters. The normalized spacial score (nSPS) is 28.3. The molecule has 1 heterocycles. The molecule has 54 valence electrons. The maximum absolute atomic E-state index is 5.68. The van der Waals surface area contributed by atoms with Crippen LogP contribution in [0.3, 0.4) is 0 Å². The third-order valence-corrected chi connectivity index (χ3v) is 4.90. The minimum Gasteiger partial charge on any atom is -0.269 e. The summed E-state index contributed by atoms with van der Waals surface area (Å²) in [6.45, 7) is 5.93. The quantitative estimate of drug-likeness (QED) is 0.403. The first-order chi connectivity index (χ1) is 4.10. The highest BCUT2D eigenvalue weighted by atomic mass is 28.3. The van der Waals surface area contributed by atoms with E-state index < -0.39 is 8.07 Å². The molecule has 1 aliphatic heterocycles.